The molecule has 1 aliphatic heterocycles. The molecule has 2 aliphatic rings. The van der Waals surface area contributed by atoms with Crippen molar-refractivity contribution >= 4 is 21.6 Å². The first kappa shape index (κ1) is 19.9. The molecule has 1 fully saturated rings. The number of sulfonamides is 1. The van der Waals surface area contributed by atoms with E-state index in [1.807, 2.05) is 42.5 Å². The van der Waals surface area contributed by atoms with Gasteiger partial charge < -0.3 is 0 Å². The topological polar surface area (TPSA) is 78.5 Å². The number of anilines is 1. The van der Waals surface area contributed by atoms with Crippen molar-refractivity contribution in [1.82, 2.24) is 9.73 Å². The number of piperidine rings is 1. The highest BCUT2D eigenvalue weighted by Gasteiger charge is 2.32. The molecule has 2 aromatic carbocycles. The van der Waals surface area contributed by atoms with Gasteiger partial charge in [0.15, 0.2) is 0 Å². The number of fused-ring (bicyclic) bond motifs is 1. The van der Waals surface area contributed by atoms with Gasteiger partial charge in [0, 0.05) is 19.0 Å². The van der Waals surface area contributed by atoms with E-state index in [-0.39, 0.29) is 11.8 Å². The van der Waals surface area contributed by atoms with Gasteiger partial charge >= 0.3 is 0 Å². The van der Waals surface area contributed by atoms with Crippen LogP contribution in [0.5, 0.6) is 0 Å². The van der Waals surface area contributed by atoms with Crippen LogP contribution in [-0.2, 0) is 27.7 Å². The van der Waals surface area contributed by atoms with E-state index in [1.54, 1.807) is 6.07 Å². The Morgan fingerprint density at radius 3 is 2.34 bits per heavy atom. The molecule has 7 heteroatoms. The summed E-state index contributed by atoms with van der Waals surface area (Å²) in [7, 11) is -3.51. The number of nitrogens with zero attached hydrogens (tertiary/aromatic N) is 1. The van der Waals surface area contributed by atoms with E-state index in [1.165, 1.54) is 21.9 Å². The lowest BCUT2D eigenvalue weighted by Crippen LogP contribution is -2.44. The van der Waals surface area contributed by atoms with Crippen molar-refractivity contribution in [3.63, 3.8) is 0 Å². The average molecular weight is 414 g/mol. The highest BCUT2D eigenvalue weighted by Crippen LogP contribution is 2.28. The van der Waals surface area contributed by atoms with Crippen molar-refractivity contribution in [2.75, 3.05) is 18.5 Å². The van der Waals surface area contributed by atoms with Crippen molar-refractivity contribution in [3.8, 4) is 0 Å². The minimum atomic E-state index is -3.51. The molecule has 2 N–H and O–H groups in total. The van der Waals surface area contributed by atoms with Crippen LogP contribution in [0.3, 0.4) is 0 Å². The molecule has 0 unspecified atom stereocenters. The van der Waals surface area contributed by atoms with Gasteiger partial charge in [-0.05, 0) is 73.9 Å². The van der Waals surface area contributed by atoms with E-state index in [0.29, 0.717) is 30.8 Å². The van der Waals surface area contributed by atoms with Gasteiger partial charge in [-0.1, -0.05) is 24.3 Å². The van der Waals surface area contributed by atoms with E-state index in [0.717, 1.165) is 24.9 Å². The normalized spacial score (nSPS) is 18.1. The Balaban J connectivity index is 1.35. The number of para-hydroxylation sites is 1. The van der Waals surface area contributed by atoms with Crippen LogP contribution in [0, 0.1) is 5.92 Å². The zero-order chi connectivity index (χ0) is 20.3. The van der Waals surface area contributed by atoms with Crippen LogP contribution in [0.15, 0.2) is 53.4 Å². The molecule has 0 atom stereocenters. The van der Waals surface area contributed by atoms with Crippen LogP contribution in [0.4, 0.5) is 5.69 Å². The Kier molecular flexibility index (Phi) is 5.87. The summed E-state index contributed by atoms with van der Waals surface area (Å²) in [6, 6.07) is 15.0. The van der Waals surface area contributed by atoms with Crippen molar-refractivity contribution in [3.05, 3.63) is 59.7 Å². The van der Waals surface area contributed by atoms with Crippen LogP contribution in [0.2, 0.25) is 0 Å². The maximum Gasteiger partial charge on any atom is 0.243 e. The Bertz CT molecular complexity index is 968. The summed E-state index contributed by atoms with van der Waals surface area (Å²) in [4.78, 5) is 12.8. The van der Waals surface area contributed by atoms with E-state index in [2.05, 4.69) is 10.9 Å². The monoisotopic (exact) mass is 413 g/mol. The van der Waals surface area contributed by atoms with E-state index in [4.69, 9.17) is 0 Å². The van der Waals surface area contributed by atoms with Gasteiger partial charge in [-0.25, -0.2) is 8.42 Å². The summed E-state index contributed by atoms with van der Waals surface area (Å²) in [5, 5.41) is 0. The zero-order valence-corrected chi connectivity index (χ0v) is 17.2. The first-order valence-corrected chi connectivity index (χ1v) is 11.7. The minimum Gasteiger partial charge on any atom is -0.299 e. The average Bonchev–Trinajstić information content (AvgIpc) is 2.78. The lowest BCUT2D eigenvalue weighted by molar-refractivity contribution is -0.125. The number of benzene rings is 2. The second-order valence-corrected chi connectivity index (χ2v) is 9.73. The van der Waals surface area contributed by atoms with E-state index < -0.39 is 10.0 Å². The molecular weight excluding hydrogens is 386 g/mol. The molecule has 1 heterocycles. The van der Waals surface area contributed by atoms with Crippen LogP contribution < -0.4 is 10.9 Å². The predicted molar refractivity (Wildman–Crippen MR) is 113 cm³/mol. The Morgan fingerprint density at radius 2 is 1.62 bits per heavy atom. The third kappa shape index (κ3) is 4.46. The van der Waals surface area contributed by atoms with Gasteiger partial charge in [-0.2, -0.15) is 4.31 Å². The number of carbonyl (C=O) groups is 1. The highest BCUT2D eigenvalue weighted by atomic mass is 32.2. The Morgan fingerprint density at radius 1 is 0.931 bits per heavy atom. The van der Waals surface area contributed by atoms with Crippen molar-refractivity contribution in [1.29, 1.82) is 0 Å². The molecule has 2 aromatic rings. The molecule has 0 bridgehead atoms. The SMILES string of the molecule is O=C(NNc1ccccc1)C1CCN(S(=O)(=O)c2ccc3c(c2)CCCC3)CC1. The summed E-state index contributed by atoms with van der Waals surface area (Å²) < 4.78 is 27.7. The van der Waals surface area contributed by atoms with Gasteiger partial charge in [-0.3, -0.25) is 15.6 Å². The molecule has 1 saturated heterocycles. The number of hydrogen-bond acceptors (Lipinski definition) is 4. The first-order chi connectivity index (χ1) is 14.0. The van der Waals surface area contributed by atoms with Crippen LogP contribution in [0.25, 0.3) is 0 Å². The molecule has 29 heavy (non-hydrogen) atoms. The lowest BCUT2D eigenvalue weighted by atomic mass is 9.92. The molecule has 1 aliphatic carbocycles. The Labute approximate surface area is 172 Å². The number of carbonyl (C=O) groups excluding carboxylic acids is 1. The summed E-state index contributed by atoms with van der Waals surface area (Å²) in [5.41, 5.74) is 8.89. The zero-order valence-electron chi connectivity index (χ0n) is 16.4. The van der Waals surface area contributed by atoms with Gasteiger partial charge in [0.05, 0.1) is 10.6 Å². The molecule has 0 spiro atoms. The first-order valence-electron chi connectivity index (χ1n) is 10.3. The number of nitrogens with one attached hydrogen (secondary N) is 2. The second-order valence-electron chi connectivity index (χ2n) is 7.80. The van der Waals surface area contributed by atoms with Crippen LogP contribution in [0.1, 0.15) is 36.8 Å². The van der Waals surface area contributed by atoms with Gasteiger partial charge in [0.25, 0.3) is 0 Å². The fourth-order valence-electron chi connectivity index (χ4n) is 4.13. The number of aryl methyl sites for hydroxylation is 2. The van der Waals surface area contributed by atoms with Crippen molar-refractivity contribution < 1.29 is 13.2 Å². The standard InChI is InChI=1S/C22H27N3O3S/c26-22(24-23-20-8-2-1-3-9-20)18-12-14-25(15-13-18)29(27,28)21-11-10-17-6-4-5-7-19(17)16-21/h1-3,8-11,16,18,23H,4-7,12-15H2,(H,24,26). The fraction of sp³-hybridized carbons (Fsp3) is 0.409. The summed E-state index contributed by atoms with van der Waals surface area (Å²) in [6.07, 6.45) is 5.32. The molecule has 0 aromatic heterocycles. The Hall–Kier alpha value is -2.38. The molecular formula is C22H27N3O3S. The third-order valence-electron chi connectivity index (χ3n) is 5.89. The van der Waals surface area contributed by atoms with Crippen molar-refractivity contribution in [2.45, 2.75) is 43.4 Å². The molecule has 154 valence electrons. The number of hydrogen-bond donors (Lipinski definition) is 2. The van der Waals surface area contributed by atoms with E-state index >= 15 is 0 Å². The highest BCUT2D eigenvalue weighted by molar-refractivity contribution is 7.89. The maximum atomic E-state index is 13.1. The molecule has 6 nitrogen and oxygen atoms in total. The predicted octanol–water partition coefficient (Wildman–Crippen LogP) is 3.11. The van der Waals surface area contributed by atoms with Crippen molar-refractivity contribution in [2.24, 2.45) is 5.92 Å². The second kappa shape index (κ2) is 8.55. The molecule has 4 rings (SSSR count). The molecule has 0 radical (unpaired) electrons. The quantitative estimate of drug-likeness (QED) is 0.739. The summed E-state index contributed by atoms with van der Waals surface area (Å²) in [5.74, 6) is -0.291. The molecule has 0 saturated carbocycles. The smallest absolute Gasteiger partial charge is 0.243 e. The summed E-state index contributed by atoms with van der Waals surface area (Å²) >= 11 is 0. The number of amides is 1. The van der Waals surface area contributed by atoms with Crippen LogP contribution in [-0.4, -0.2) is 31.7 Å². The third-order valence-corrected chi connectivity index (χ3v) is 7.78. The van der Waals surface area contributed by atoms with Gasteiger partial charge in [0.1, 0.15) is 0 Å². The lowest BCUT2D eigenvalue weighted by Gasteiger charge is -2.31. The number of hydrazine groups is 1. The largest absolute Gasteiger partial charge is 0.299 e. The fourth-order valence-corrected chi connectivity index (χ4v) is 5.66. The van der Waals surface area contributed by atoms with Gasteiger partial charge in [0.2, 0.25) is 15.9 Å². The van der Waals surface area contributed by atoms with Crippen LogP contribution >= 0.6 is 0 Å². The number of rotatable bonds is 5. The van der Waals surface area contributed by atoms with E-state index in [9.17, 15) is 13.2 Å². The van der Waals surface area contributed by atoms with Gasteiger partial charge in [-0.15, -0.1) is 0 Å². The minimum absolute atomic E-state index is 0.0975. The maximum absolute atomic E-state index is 13.1. The molecule has 1 amide bonds. The summed E-state index contributed by atoms with van der Waals surface area (Å²) in [6.45, 7) is 0.728.